The minimum absolute atomic E-state index is 0. The van der Waals surface area contributed by atoms with Gasteiger partial charge in [-0.25, -0.2) is 0 Å². The highest BCUT2D eigenvalue weighted by atomic mass is 35.5. The molecule has 1 aliphatic rings. The van der Waals surface area contributed by atoms with E-state index in [1.54, 1.807) is 7.11 Å². The van der Waals surface area contributed by atoms with E-state index in [-0.39, 0.29) is 24.4 Å². The Morgan fingerprint density at radius 3 is 2.48 bits per heavy atom. The Morgan fingerprint density at radius 1 is 1.17 bits per heavy atom. The number of nitrogens with one attached hydrogen (secondary N) is 2. The summed E-state index contributed by atoms with van der Waals surface area (Å²) in [6.07, 6.45) is 1.52. The molecule has 0 aliphatic carbocycles. The normalized spacial score (nSPS) is 16.4. The number of hydrogen-bond donors (Lipinski definition) is 2. The maximum Gasteiger partial charge on any atom is 0.233 e. The molecule has 5 nitrogen and oxygen atoms in total. The van der Waals surface area contributed by atoms with Crippen LogP contribution in [-0.2, 0) is 9.53 Å². The van der Waals surface area contributed by atoms with E-state index >= 15 is 0 Å². The van der Waals surface area contributed by atoms with Crippen molar-refractivity contribution >= 4 is 24.0 Å². The Bertz CT molecular complexity index is 786. The van der Waals surface area contributed by atoms with Gasteiger partial charge in [0.15, 0.2) is 0 Å². The number of benzene rings is 2. The summed E-state index contributed by atoms with van der Waals surface area (Å²) in [4.78, 5) is 13.0. The fourth-order valence-electron chi connectivity index (χ4n) is 3.72. The molecular formula is C23H31ClN2O3. The third-order valence-corrected chi connectivity index (χ3v) is 5.49. The lowest BCUT2D eigenvalue weighted by Gasteiger charge is -2.35. The van der Waals surface area contributed by atoms with Crippen LogP contribution >= 0.6 is 12.4 Å². The van der Waals surface area contributed by atoms with Crippen LogP contribution in [0.5, 0.6) is 5.75 Å². The first-order chi connectivity index (χ1) is 13.5. The number of carbonyl (C=O) groups excluding carboxylic acids is 1. The van der Waals surface area contributed by atoms with Crippen molar-refractivity contribution in [2.45, 2.75) is 32.8 Å². The largest absolute Gasteiger partial charge is 0.486 e. The highest BCUT2D eigenvalue weighted by Gasteiger charge is 2.39. The van der Waals surface area contributed by atoms with Gasteiger partial charge in [-0.2, -0.15) is 0 Å². The summed E-state index contributed by atoms with van der Waals surface area (Å²) in [6.45, 7) is 6.13. The van der Waals surface area contributed by atoms with Crippen LogP contribution in [0, 0.1) is 12.3 Å². The molecule has 2 aromatic rings. The standard InChI is InChI=1S/C23H30N2O3.ClH/c1-17-15-20(28-18(2)19-7-5-4-6-8-19)9-10-21(17)25-22(26)23(16-27-3)11-13-24-14-12-23;/h4-10,15,18,24H,11-14,16H2,1-3H3,(H,25,26);1H. The van der Waals surface area contributed by atoms with Gasteiger partial charge in [0.25, 0.3) is 0 Å². The van der Waals surface area contributed by atoms with Crippen LogP contribution in [0.25, 0.3) is 0 Å². The summed E-state index contributed by atoms with van der Waals surface area (Å²) in [6, 6.07) is 15.9. The monoisotopic (exact) mass is 418 g/mol. The second kappa shape index (κ2) is 10.6. The zero-order valence-corrected chi connectivity index (χ0v) is 18.2. The first-order valence-corrected chi connectivity index (χ1v) is 9.87. The number of anilines is 1. The molecule has 0 bridgehead atoms. The first-order valence-electron chi connectivity index (χ1n) is 9.87. The number of methoxy groups -OCH3 is 1. The topological polar surface area (TPSA) is 59.6 Å². The van der Waals surface area contributed by atoms with E-state index in [4.69, 9.17) is 9.47 Å². The molecule has 1 saturated heterocycles. The average Bonchev–Trinajstić information content (AvgIpc) is 2.71. The van der Waals surface area contributed by atoms with Crippen molar-refractivity contribution in [3.05, 3.63) is 59.7 Å². The maximum atomic E-state index is 13.0. The maximum absolute atomic E-state index is 13.0. The molecular weight excluding hydrogens is 388 g/mol. The van der Waals surface area contributed by atoms with Gasteiger partial charge >= 0.3 is 0 Å². The van der Waals surface area contributed by atoms with Crippen molar-refractivity contribution in [1.29, 1.82) is 0 Å². The minimum Gasteiger partial charge on any atom is -0.486 e. The summed E-state index contributed by atoms with van der Waals surface area (Å²) in [5.41, 5.74) is 2.46. The van der Waals surface area contributed by atoms with Gasteiger partial charge in [0.05, 0.1) is 12.0 Å². The van der Waals surface area contributed by atoms with Crippen LogP contribution in [0.3, 0.4) is 0 Å². The van der Waals surface area contributed by atoms with Crippen molar-refractivity contribution in [2.75, 3.05) is 32.1 Å². The molecule has 1 fully saturated rings. The zero-order chi connectivity index (χ0) is 20.0. The van der Waals surface area contributed by atoms with Crippen LogP contribution < -0.4 is 15.4 Å². The molecule has 1 amide bonds. The predicted molar refractivity (Wildman–Crippen MR) is 119 cm³/mol. The lowest BCUT2D eigenvalue weighted by molar-refractivity contribution is -0.130. The molecule has 1 aliphatic heterocycles. The molecule has 158 valence electrons. The molecule has 1 unspecified atom stereocenters. The molecule has 0 radical (unpaired) electrons. The van der Waals surface area contributed by atoms with E-state index in [1.165, 1.54) is 0 Å². The molecule has 1 heterocycles. The number of aryl methyl sites for hydroxylation is 1. The van der Waals surface area contributed by atoms with E-state index in [0.29, 0.717) is 6.61 Å². The first kappa shape index (κ1) is 23.2. The smallest absolute Gasteiger partial charge is 0.233 e. The third kappa shape index (κ3) is 5.72. The number of rotatable bonds is 7. The van der Waals surface area contributed by atoms with E-state index in [0.717, 1.165) is 48.5 Å². The van der Waals surface area contributed by atoms with Crippen molar-refractivity contribution in [3.8, 4) is 5.75 Å². The lowest BCUT2D eigenvalue weighted by Crippen LogP contribution is -2.47. The quantitative estimate of drug-likeness (QED) is 0.694. The van der Waals surface area contributed by atoms with Crippen LogP contribution in [-0.4, -0.2) is 32.7 Å². The van der Waals surface area contributed by atoms with Gasteiger partial charge in [-0.05, 0) is 69.1 Å². The SMILES string of the molecule is COCC1(C(=O)Nc2ccc(OC(C)c3ccccc3)cc2C)CCNCC1.Cl. The van der Waals surface area contributed by atoms with E-state index in [1.807, 2.05) is 50.2 Å². The fraction of sp³-hybridized carbons (Fsp3) is 0.435. The Balaban J connectivity index is 0.00000300. The zero-order valence-electron chi connectivity index (χ0n) is 17.4. The molecule has 2 aromatic carbocycles. The number of carbonyl (C=O) groups is 1. The van der Waals surface area contributed by atoms with Gasteiger partial charge < -0.3 is 20.1 Å². The van der Waals surface area contributed by atoms with Crippen molar-refractivity contribution in [1.82, 2.24) is 5.32 Å². The fourth-order valence-corrected chi connectivity index (χ4v) is 3.72. The molecule has 2 N–H and O–H groups in total. The average molecular weight is 419 g/mol. The van der Waals surface area contributed by atoms with Gasteiger partial charge in [0.1, 0.15) is 11.9 Å². The third-order valence-electron chi connectivity index (χ3n) is 5.49. The molecule has 6 heteroatoms. The van der Waals surface area contributed by atoms with Crippen LogP contribution in [0.1, 0.15) is 37.0 Å². The van der Waals surface area contributed by atoms with Crippen LogP contribution in [0.15, 0.2) is 48.5 Å². The lowest BCUT2D eigenvalue weighted by atomic mass is 9.78. The molecule has 0 aromatic heterocycles. The highest BCUT2D eigenvalue weighted by Crippen LogP contribution is 2.32. The van der Waals surface area contributed by atoms with Gasteiger partial charge in [-0.15, -0.1) is 12.4 Å². The second-order valence-corrected chi connectivity index (χ2v) is 7.56. The number of hydrogen-bond acceptors (Lipinski definition) is 4. The number of amides is 1. The number of piperidine rings is 1. The van der Waals surface area contributed by atoms with Crippen LogP contribution in [0.4, 0.5) is 5.69 Å². The molecule has 0 spiro atoms. The molecule has 29 heavy (non-hydrogen) atoms. The summed E-state index contributed by atoms with van der Waals surface area (Å²) >= 11 is 0. The number of halogens is 1. The van der Waals surface area contributed by atoms with Gasteiger partial charge in [-0.1, -0.05) is 30.3 Å². The van der Waals surface area contributed by atoms with Crippen molar-refractivity contribution in [2.24, 2.45) is 5.41 Å². The minimum atomic E-state index is -0.469. The summed E-state index contributed by atoms with van der Waals surface area (Å²) < 4.78 is 11.4. The second-order valence-electron chi connectivity index (χ2n) is 7.56. The summed E-state index contributed by atoms with van der Waals surface area (Å²) in [5, 5.41) is 6.43. The molecule has 1 atom stereocenters. The Hall–Kier alpha value is -2.08. The Kier molecular flexibility index (Phi) is 8.50. The van der Waals surface area contributed by atoms with E-state index in [9.17, 15) is 4.79 Å². The van der Waals surface area contributed by atoms with Crippen molar-refractivity contribution < 1.29 is 14.3 Å². The van der Waals surface area contributed by atoms with E-state index in [2.05, 4.69) is 22.8 Å². The van der Waals surface area contributed by atoms with Gasteiger partial charge in [0.2, 0.25) is 5.91 Å². The Morgan fingerprint density at radius 2 is 1.86 bits per heavy atom. The Labute approximate surface area is 179 Å². The summed E-state index contributed by atoms with van der Waals surface area (Å²) in [5.74, 6) is 0.825. The summed E-state index contributed by atoms with van der Waals surface area (Å²) in [7, 11) is 1.66. The van der Waals surface area contributed by atoms with Crippen LogP contribution in [0.2, 0.25) is 0 Å². The number of ether oxygens (including phenoxy) is 2. The van der Waals surface area contributed by atoms with E-state index < -0.39 is 5.41 Å². The van der Waals surface area contributed by atoms with Gasteiger partial charge in [-0.3, -0.25) is 4.79 Å². The molecule has 3 rings (SSSR count). The van der Waals surface area contributed by atoms with Gasteiger partial charge in [0, 0.05) is 12.8 Å². The highest BCUT2D eigenvalue weighted by molar-refractivity contribution is 5.96. The van der Waals surface area contributed by atoms with Crippen molar-refractivity contribution in [3.63, 3.8) is 0 Å². The molecule has 0 saturated carbocycles. The predicted octanol–water partition coefficient (Wildman–Crippen LogP) is 4.51.